The summed E-state index contributed by atoms with van der Waals surface area (Å²) in [5.74, 6) is 0.198. The van der Waals surface area contributed by atoms with Crippen molar-refractivity contribution in [3.05, 3.63) is 92.9 Å². The van der Waals surface area contributed by atoms with Crippen LogP contribution in [0.15, 0.2) is 71.6 Å². The Balaban J connectivity index is 1.55. The summed E-state index contributed by atoms with van der Waals surface area (Å²) in [7, 11) is 1.57. The fourth-order valence-corrected chi connectivity index (χ4v) is 4.72. The molecule has 0 radical (unpaired) electrons. The van der Waals surface area contributed by atoms with Gasteiger partial charge in [-0.3, -0.25) is 19.8 Å². The van der Waals surface area contributed by atoms with Gasteiger partial charge in [-0.1, -0.05) is 30.0 Å². The molecular weight excluding hydrogens is 516 g/mol. The molecule has 3 aromatic rings. The van der Waals surface area contributed by atoms with Gasteiger partial charge in [0.15, 0.2) is 15.8 Å². The van der Waals surface area contributed by atoms with E-state index in [4.69, 9.17) is 26.4 Å². The summed E-state index contributed by atoms with van der Waals surface area (Å²) in [5, 5.41) is 10.8. The van der Waals surface area contributed by atoms with Gasteiger partial charge in [-0.15, -0.1) is 0 Å². The standard InChI is InChI=1S/C26H20N2O7S2/c1-3-34-22-14-16(4-13-21(22)35-25(30)17-5-7-19(8-6-17)28(31)32)15-23-24(29)27(26(36)37-23)18-9-11-20(33-2)12-10-18/h4-15H,3H2,1-2H3/b23-15+. The summed E-state index contributed by atoms with van der Waals surface area (Å²) in [4.78, 5) is 37.8. The predicted octanol–water partition coefficient (Wildman–Crippen LogP) is 5.63. The average Bonchev–Trinajstić information content (AvgIpc) is 3.18. The zero-order chi connectivity index (χ0) is 26.5. The van der Waals surface area contributed by atoms with Gasteiger partial charge in [0.2, 0.25) is 0 Å². The smallest absolute Gasteiger partial charge is 0.343 e. The molecule has 0 bridgehead atoms. The molecule has 9 nitrogen and oxygen atoms in total. The molecule has 0 atom stereocenters. The summed E-state index contributed by atoms with van der Waals surface area (Å²) >= 11 is 6.61. The topological polar surface area (TPSA) is 108 Å². The number of anilines is 1. The molecule has 1 aliphatic rings. The van der Waals surface area contributed by atoms with Gasteiger partial charge >= 0.3 is 5.97 Å². The van der Waals surface area contributed by atoms with E-state index in [2.05, 4.69) is 0 Å². The Morgan fingerprint density at radius 3 is 2.41 bits per heavy atom. The Morgan fingerprint density at radius 1 is 1.08 bits per heavy atom. The molecule has 1 heterocycles. The number of nitrogens with zero attached hydrogens (tertiary/aromatic N) is 2. The molecule has 0 aliphatic carbocycles. The first-order valence-electron chi connectivity index (χ1n) is 11.0. The number of ether oxygens (including phenoxy) is 3. The lowest BCUT2D eigenvalue weighted by atomic mass is 10.1. The second kappa shape index (κ2) is 11.2. The van der Waals surface area contributed by atoms with Crippen LogP contribution in [0.3, 0.4) is 0 Å². The number of carbonyl (C=O) groups is 2. The number of rotatable bonds is 8. The summed E-state index contributed by atoms with van der Waals surface area (Å²) in [6.45, 7) is 2.10. The number of hydrogen-bond acceptors (Lipinski definition) is 9. The van der Waals surface area contributed by atoms with Crippen LogP contribution in [0.25, 0.3) is 6.08 Å². The maximum Gasteiger partial charge on any atom is 0.343 e. The predicted molar refractivity (Wildman–Crippen MR) is 144 cm³/mol. The molecule has 0 saturated carbocycles. The van der Waals surface area contributed by atoms with Gasteiger partial charge in [-0.25, -0.2) is 4.79 Å². The molecular formula is C26H20N2O7S2. The second-order valence-electron chi connectivity index (χ2n) is 7.55. The van der Waals surface area contributed by atoms with Crippen LogP contribution in [-0.4, -0.2) is 34.8 Å². The van der Waals surface area contributed by atoms with Crippen molar-refractivity contribution >= 4 is 57.6 Å². The van der Waals surface area contributed by atoms with E-state index in [9.17, 15) is 19.7 Å². The Labute approximate surface area is 221 Å². The number of thiocarbonyl (C=S) groups is 1. The highest BCUT2D eigenvalue weighted by Crippen LogP contribution is 2.38. The van der Waals surface area contributed by atoms with E-state index < -0.39 is 10.9 Å². The van der Waals surface area contributed by atoms with Crippen molar-refractivity contribution in [3.8, 4) is 17.2 Å². The second-order valence-corrected chi connectivity index (χ2v) is 9.22. The van der Waals surface area contributed by atoms with E-state index in [1.807, 2.05) is 0 Å². The molecule has 4 rings (SSSR count). The van der Waals surface area contributed by atoms with Crippen molar-refractivity contribution in [2.45, 2.75) is 6.92 Å². The zero-order valence-electron chi connectivity index (χ0n) is 19.7. The number of thioether (sulfide) groups is 1. The van der Waals surface area contributed by atoms with Crippen molar-refractivity contribution < 1.29 is 28.7 Å². The fraction of sp³-hybridized carbons (Fsp3) is 0.115. The van der Waals surface area contributed by atoms with Crippen LogP contribution in [0.5, 0.6) is 17.2 Å². The first-order chi connectivity index (χ1) is 17.8. The van der Waals surface area contributed by atoms with Crippen LogP contribution in [-0.2, 0) is 4.79 Å². The minimum absolute atomic E-state index is 0.131. The molecule has 11 heteroatoms. The van der Waals surface area contributed by atoms with Crippen molar-refractivity contribution in [2.75, 3.05) is 18.6 Å². The average molecular weight is 537 g/mol. The minimum Gasteiger partial charge on any atom is -0.497 e. The van der Waals surface area contributed by atoms with Crippen molar-refractivity contribution in [3.63, 3.8) is 0 Å². The molecule has 37 heavy (non-hydrogen) atoms. The number of methoxy groups -OCH3 is 1. The van der Waals surface area contributed by atoms with Gasteiger partial charge in [0.1, 0.15) is 5.75 Å². The van der Waals surface area contributed by atoms with Gasteiger partial charge in [0.25, 0.3) is 11.6 Å². The minimum atomic E-state index is -0.691. The van der Waals surface area contributed by atoms with E-state index >= 15 is 0 Å². The monoisotopic (exact) mass is 536 g/mol. The summed E-state index contributed by atoms with van der Waals surface area (Å²) in [6.07, 6.45) is 1.69. The van der Waals surface area contributed by atoms with Crippen LogP contribution in [0.1, 0.15) is 22.8 Å². The lowest BCUT2D eigenvalue weighted by Crippen LogP contribution is -2.27. The van der Waals surface area contributed by atoms with Gasteiger partial charge in [0.05, 0.1) is 34.8 Å². The molecule has 0 N–H and O–H groups in total. The Kier molecular flexibility index (Phi) is 7.85. The largest absolute Gasteiger partial charge is 0.497 e. The summed E-state index contributed by atoms with van der Waals surface area (Å²) in [5.41, 5.74) is 1.30. The van der Waals surface area contributed by atoms with E-state index in [-0.39, 0.29) is 22.9 Å². The SMILES string of the molecule is CCOc1cc(/C=C2/SC(=S)N(c3ccc(OC)cc3)C2=O)ccc1OC(=O)c1ccc([N+](=O)[O-])cc1. The zero-order valence-corrected chi connectivity index (χ0v) is 21.3. The third kappa shape index (κ3) is 5.79. The number of nitro groups is 1. The van der Waals surface area contributed by atoms with Gasteiger partial charge in [-0.2, -0.15) is 0 Å². The Bertz CT molecular complexity index is 1400. The maximum atomic E-state index is 13.1. The number of hydrogen-bond donors (Lipinski definition) is 0. The molecule has 1 amide bonds. The first-order valence-corrected chi connectivity index (χ1v) is 12.2. The van der Waals surface area contributed by atoms with Crippen LogP contribution in [0.2, 0.25) is 0 Å². The molecule has 1 aliphatic heterocycles. The molecule has 0 spiro atoms. The van der Waals surface area contributed by atoms with Gasteiger partial charge < -0.3 is 14.2 Å². The van der Waals surface area contributed by atoms with E-state index in [0.717, 1.165) is 0 Å². The first kappa shape index (κ1) is 25.9. The number of esters is 1. The van der Waals surface area contributed by atoms with E-state index in [1.165, 1.54) is 40.9 Å². The molecule has 0 unspecified atom stereocenters. The fourth-order valence-electron chi connectivity index (χ4n) is 3.42. The van der Waals surface area contributed by atoms with Crippen LogP contribution in [0, 0.1) is 10.1 Å². The molecule has 3 aromatic carbocycles. The quantitative estimate of drug-likeness (QED) is 0.0904. The van der Waals surface area contributed by atoms with Crippen LogP contribution in [0.4, 0.5) is 11.4 Å². The van der Waals surface area contributed by atoms with E-state index in [0.29, 0.717) is 38.6 Å². The molecule has 188 valence electrons. The van der Waals surface area contributed by atoms with Gasteiger partial charge in [-0.05, 0) is 67.1 Å². The third-order valence-electron chi connectivity index (χ3n) is 5.21. The highest BCUT2D eigenvalue weighted by Gasteiger charge is 2.33. The Morgan fingerprint density at radius 2 is 1.78 bits per heavy atom. The molecule has 1 saturated heterocycles. The third-order valence-corrected chi connectivity index (χ3v) is 6.51. The number of benzene rings is 3. The number of amides is 1. The lowest BCUT2D eigenvalue weighted by Gasteiger charge is -2.14. The van der Waals surface area contributed by atoms with Crippen LogP contribution >= 0.6 is 24.0 Å². The van der Waals surface area contributed by atoms with Gasteiger partial charge in [0, 0.05) is 12.1 Å². The van der Waals surface area contributed by atoms with Crippen molar-refractivity contribution in [2.24, 2.45) is 0 Å². The highest BCUT2D eigenvalue weighted by atomic mass is 32.2. The number of carbonyl (C=O) groups excluding carboxylic acids is 2. The summed E-state index contributed by atoms with van der Waals surface area (Å²) in [6, 6.07) is 17.0. The number of nitro benzene ring substituents is 1. The lowest BCUT2D eigenvalue weighted by molar-refractivity contribution is -0.384. The maximum absolute atomic E-state index is 13.1. The van der Waals surface area contributed by atoms with Crippen LogP contribution < -0.4 is 19.1 Å². The normalized spacial score (nSPS) is 14.1. The summed E-state index contributed by atoms with van der Waals surface area (Å²) < 4.78 is 16.7. The molecule has 1 fully saturated rings. The van der Waals surface area contributed by atoms with Crippen molar-refractivity contribution in [1.29, 1.82) is 0 Å². The number of non-ortho nitro benzene ring substituents is 1. The highest BCUT2D eigenvalue weighted by molar-refractivity contribution is 8.27. The molecule has 0 aromatic heterocycles. The van der Waals surface area contributed by atoms with Crippen molar-refractivity contribution in [1.82, 2.24) is 0 Å². The Hall–Kier alpha value is -4.22. The van der Waals surface area contributed by atoms with E-state index in [1.54, 1.807) is 62.6 Å².